The van der Waals surface area contributed by atoms with E-state index < -0.39 is 9.84 Å². The quantitative estimate of drug-likeness (QED) is 0.833. The van der Waals surface area contributed by atoms with Gasteiger partial charge in [-0.2, -0.15) is 0 Å². The van der Waals surface area contributed by atoms with Crippen molar-refractivity contribution in [3.8, 4) is 0 Å². The van der Waals surface area contributed by atoms with Crippen molar-refractivity contribution >= 4 is 27.5 Å². The van der Waals surface area contributed by atoms with Gasteiger partial charge in [0.15, 0.2) is 9.84 Å². The number of rotatable bonds is 5. The number of benzene rings is 1. The van der Waals surface area contributed by atoms with Crippen molar-refractivity contribution < 1.29 is 13.2 Å². The number of anilines is 1. The Morgan fingerprint density at radius 3 is 2.68 bits per heavy atom. The number of pyridine rings is 1. The van der Waals surface area contributed by atoms with E-state index in [1.807, 2.05) is 6.07 Å². The first-order valence-electron chi connectivity index (χ1n) is 8.29. The van der Waals surface area contributed by atoms with Crippen LogP contribution in [0.2, 0.25) is 0 Å². The average Bonchev–Trinajstić information content (AvgIpc) is 3.17. The van der Waals surface area contributed by atoms with E-state index in [0.29, 0.717) is 18.5 Å². The number of carbonyl (C=O) groups excluding carboxylic acids is 1. The summed E-state index contributed by atoms with van der Waals surface area (Å²) < 4.78 is 25.3. The fourth-order valence-corrected chi connectivity index (χ4v) is 4.87. The van der Waals surface area contributed by atoms with Crippen LogP contribution < -0.4 is 5.32 Å². The second-order valence-corrected chi connectivity index (χ2v) is 8.32. The Morgan fingerprint density at radius 1 is 1.16 bits per heavy atom. The monoisotopic (exact) mass is 356 g/mol. The van der Waals surface area contributed by atoms with Crippen LogP contribution in [0.5, 0.6) is 0 Å². The number of aromatic nitrogens is 1. The van der Waals surface area contributed by atoms with Gasteiger partial charge in [-0.3, -0.25) is 9.78 Å². The highest BCUT2D eigenvalue weighted by Crippen LogP contribution is 2.30. The number of hydrogen-bond acceptors (Lipinski definition) is 4. The van der Waals surface area contributed by atoms with Crippen molar-refractivity contribution in [2.24, 2.45) is 0 Å². The highest BCUT2D eigenvalue weighted by Gasteiger charge is 2.30. The first-order chi connectivity index (χ1) is 12.1. The maximum atomic E-state index is 12.6. The molecule has 0 saturated heterocycles. The second-order valence-electron chi connectivity index (χ2n) is 6.09. The lowest BCUT2D eigenvalue weighted by Gasteiger charge is -2.12. The Balaban J connectivity index is 1.71. The highest BCUT2D eigenvalue weighted by atomic mass is 32.2. The van der Waals surface area contributed by atoms with E-state index >= 15 is 0 Å². The van der Waals surface area contributed by atoms with Crippen LogP contribution in [0.15, 0.2) is 59.8 Å². The minimum atomic E-state index is -3.33. The van der Waals surface area contributed by atoms with Crippen molar-refractivity contribution in [1.29, 1.82) is 0 Å². The van der Waals surface area contributed by atoms with Crippen molar-refractivity contribution in [2.75, 3.05) is 5.32 Å². The van der Waals surface area contributed by atoms with E-state index in [2.05, 4.69) is 10.3 Å². The largest absolute Gasteiger partial charge is 0.322 e. The molecule has 0 aliphatic heterocycles. The number of carbonyl (C=O) groups is 1. The summed E-state index contributed by atoms with van der Waals surface area (Å²) in [5, 5.41) is 2.40. The number of sulfone groups is 1. The summed E-state index contributed by atoms with van der Waals surface area (Å²) in [6, 6.07) is 10.1. The van der Waals surface area contributed by atoms with E-state index in [4.69, 9.17) is 0 Å². The molecule has 0 radical (unpaired) electrons. The summed E-state index contributed by atoms with van der Waals surface area (Å²) in [7, 11) is -3.33. The van der Waals surface area contributed by atoms with Gasteiger partial charge in [-0.25, -0.2) is 8.42 Å². The van der Waals surface area contributed by atoms with Crippen molar-refractivity contribution in [3.05, 3.63) is 60.4 Å². The molecule has 1 heterocycles. The Kier molecular flexibility index (Phi) is 5.28. The molecule has 5 nitrogen and oxygen atoms in total. The zero-order chi connectivity index (χ0) is 17.7. The molecule has 2 aromatic rings. The third-order valence-electron chi connectivity index (χ3n) is 4.28. The SMILES string of the molecule is O=C(C=Cc1cccnc1)Nc1cccc(S(=O)(=O)C2CCCC2)c1. The molecule has 1 fully saturated rings. The lowest BCUT2D eigenvalue weighted by molar-refractivity contribution is -0.111. The number of nitrogens with zero attached hydrogens (tertiary/aromatic N) is 1. The third kappa shape index (κ3) is 4.33. The predicted molar refractivity (Wildman–Crippen MR) is 97.8 cm³/mol. The summed E-state index contributed by atoms with van der Waals surface area (Å²) in [5.41, 5.74) is 1.29. The lowest BCUT2D eigenvalue weighted by Crippen LogP contribution is -2.18. The van der Waals surface area contributed by atoms with Gasteiger partial charge in [-0.1, -0.05) is 25.0 Å². The predicted octanol–water partition coefficient (Wildman–Crippen LogP) is 3.45. The molecular weight excluding hydrogens is 336 g/mol. The molecule has 1 aromatic carbocycles. The van der Waals surface area contributed by atoms with Gasteiger partial charge < -0.3 is 5.32 Å². The minimum Gasteiger partial charge on any atom is -0.322 e. The van der Waals surface area contributed by atoms with Gasteiger partial charge in [-0.05, 0) is 48.7 Å². The molecule has 0 unspecified atom stereocenters. The van der Waals surface area contributed by atoms with Gasteiger partial charge in [0.2, 0.25) is 5.91 Å². The normalized spacial score (nSPS) is 15.5. The van der Waals surface area contributed by atoms with Crippen molar-refractivity contribution in [3.63, 3.8) is 0 Å². The Labute approximate surface area is 147 Å². The van der Waals surface area contributed by atoms with Gasteiger partial charge >= 0.3 is 0 Å². The van der Waals surface area contributed by atoms with Gasteiger partial charge in [0.05, 0.1) is 10.1 Å². The first-order valence-corrected chi connectivity index (χ1v) is 9.83. The fraction of sp³-hybridized carbons (Fsp3) is 0.263. The van der Waals surface area contributed by atoms with Crippen LogP contribution in [0.25, 0.3) is 6.08 Å². The van der Waals surface area contributed by atoms with Crippen molar-refractivity contribution in [2.45, 2.75) is 35.8 Å². The van der Waals surface area contributed by atoms with E-state index in [1.165, 1.54) is 12.1 Å². The molecule has 0 spiro atoms. The summed E-state index contributed by atoms with van der Waals surface area (Å²) in [6.07, 6.45) is 9.71. The van der Waals surface area contributed by atoms with Gasteiger partial charge in [0.1, 0.15) is 0 Å². The third-order valence-corrected chi connectivity index (χ3v) is 6.54. The van der Waals surface area contributed by atoms with E-state index in [1.54, 1.807) is 42.7 Å². The number of amides is 1. The fourth-order valence-electron chi connectivity index (χ4n) is 2.97. The zero-order valence-electron chi connectivity index (χ0n) is 13.8. The molecule has 1 aliphatic rings. The first kappa shape index (κ1) is 17.4. The number of hydrogen-bond donors (Lipinski definition) is 1. The Bertz CT molecular complexity index is 871. The summed E-state index contributed by atoms with van der Waals surface area (Å²) >= 11 is 0. The van der Waals surface area contributed by atoms with Gasteiger partial charge in [-0.15, -0.1) is 0 Å². The molecule has 6 heteroatoms. The van der Waals surface area contributed by atoms with Crippen LogP contribution >= 0.6 is 0 Å². The number of nitrogens with one attached hydrogen (secondary N) is 1. The topological polar surface area (TPSA) is 76.1 Å². The summed E-state index contributed by atoms with van der Waals surface area (Å²) in [6.45, 7) is 0. The molecule has 1 amide bonds. The van der Waals surface area contributed by atoms with Crippen LogP contribution in [0, 0.1) is 0 Å². The molecule has 1 aromatic heterocycles. The molecule has 1 aliphatic carbocycles. The molecule has 130 valence electrons. The highest BCUT2D eigenvalue weighted by molar-refractivity contribution is 7.92. The van der Waals surface area contributed by atoms with Gasteiger partial charge in [0.25, 0.3) is 0 Å². The summed E-state index contributed by atoms with van der Waals surface area (Å²) in [5.74, 6) is -0.320. The molecular formula is C19H20N2O3S. The van der Waals surface area contributed by atoms with E-state index in [-0.39, 0.29) is 16.1 Å². The molecule has 1 N–H and O–H groups in total. The molecule has 1 saturated carbocycles. The molecule has 25 heavy (non-hydrogen) atoms. The molecule has 0 bridgehead atoms. The standard InChI is InChI=1S/C19H20N2O3S/c22-19(11-10-15-5-4-12-20-14-15)21-16-6-3-9-18(13-16)25(23,24)17-7-1-2-8-17/h3-6,9-14,17H,1-2,7-8H2,(H,21,22). The zero-order valence-corrected chi connectivity index (χ0v) is 14.6. The summed E-state index contributed by atoms with van der Waals surface area (Å²) in [4.78, 5) is 16.3. The smallest absolute Gasteiger partial charge is 0.248 e. The van der Waals surface area contributed by atoms with Crippen LogP contribution in [-0.2, 0) is 14.6 Å². The maximum Gasteiger partial charge on any atom is 0.248 e. The van der Waals surface area contributed by atoms with Crippen LogP contribution in [0.4, 0.5) is 5.69 Å². The van der Waals surface area contributed by atoms with Crippen LogP contribution in [-0.4, -0.2) is 24.6 Å². The Hall–Kier alpha value is -2.47. The van der Waals surface area contributed by atoms with E-state index in [0.717, 1.165) is 18.4 Å². The minimum absolute atomic E-state index is 0.272. The Morgan fingerprint density at radius 2 is 1.96 bits per heavy atom. The van der Waals surface area contributed by atoms with Crippen molar-refractivity contribution in [1.82, 2.24) is 4.98 Å². The van der Waals surface area contributed by atoms with E-state index in [9.17, 15) is 13.2 Å². The van der Waals surface area contributed by atoms with Crippen LogP contribution in [0.3, 0.4) is 0 Å². The average molecular weight is 356 g/mol. The lowest BCUT2D eigenvalue weighted by atomic mass is 10.2. The molecule has 0 atom stereocenters. The van der Waals surface area contributed by atoms with Crippen LogP contribution in [0.1, 0.15) is 31.2 Å². The second kappa shape index (κ2) is 7.61. The van der Waals surface area contributed by atoms with Gasteiger partial charge in [0, 0.05) is 24.2 Å². The maximum absolute atomic E-state index is 12.6. The molecule has 3 rings (SSSR count).